The molecule has 0 radical (unpaired) electrons. The monoisotopic (exact) mass is 389 g/mol. The molecule has 2 atom stereocenters. The zero-order valence-corrected chi connectivity index (χ0v) is 16.9. The number of rotatable bonds is 7. The van der Waals surface area contributed by atoms with Gasteiger partial charge in [0, 0.05) is 0 Å². The van der Waals surface area contributed by atoms with Crippen LogP contribution in [0, 0.1) is 0 Å². The zero-order valence-electron chi connectivity index (χ0n) is 16.9. The van der Waals surface area contributed by atoms with Crippen LogP contribution in [0.25, 0.3) is 0 Å². The molecule has 1 heterocycles. The van der Waals surface area contributed by atoms with E-state index in [1.807, 2.05) is 12.1 Å². The Morgan fingerprint density at radius 1 is 0.821 bits per heavy atom. The minimum absolute atomic E-state index is 0.314. The van der Waals surface area contributed by atoms with Crippen molar-refractivity contribution >= 4 is 0 Å². The third kappa shape index (κ3) is 3.55. The van der Waals surface area contributed by atoms with Gasteiger partial charge in [-0.2, -0.15) is 0 Å². The summed E-state index contributed by atoms with van der Waals surface area (Å²) >= 11 is 0. The second-order valence-electron chi connectivity index (χ2n) is 6.49. The van der Waals surface area contributed by atoms with Gasteiger partial charge in [0.05, 0.1) is 47.7 Å². The molecule has 0 amide bonds. The molecule has 7 heteroatoms. The predicted molar refractivity (Wildman–Crippen MR) is 105 cm³/mol. The van der Waals surface area contributed by atoms with Gasteiger partial charge in [0.2, 0.25) is 5.75 Å². The Morgan fingerprint density at radius 2 is 1.39 bits per heavy atom. The summed E-state index contributed by atoms with van der Waals surface area (Å²) in [6.45, 7) is 0.745. The van der Waals surface area contributed by atoms with E-state index in [1.54, 1.807) is 47.7 Å². The maximum atomic E-state index is 11.2. The van der Waals surface area contributed by atoms with E-state index in [4.69, 9.17) is 23.7 Å². The first-order valence-corrected chi connectivity index (χ1v) is 9.04. The van der Waals surface area contributed by atoms with Gasteiger partial charge in [-0.1, -0.05) is 0 Å². The smallest absolute Gasteiger partial charge is 0.203 e. The van der Waals surface area contributed by atoms with Gasteiger partial charge in [0.15, 0.2) is 23.0 Å². The topological polar surface area (TPSA) is 78.4 Å². The lowest BCUT2D eigenvalue weighted by Gasteiger charge is -2.32. The minimum atomic E-state index is -0.828. The van der Waals surface area contributed by atoms with Gasteiger partial charge >= 0.3 is 0 Å². The van der Waals surface area contributed by atoms with Crippen LogP contribution >= 0.6 is 0 Å². The van der Waals surface area contributed by atoms with Gasteiger partial charge in [-0.05, 0) is 53.9 Å². The van der Waals surface area contributed by atoms with E-state index in [1.165, 1.54) is 0 Å². The Hall–Kier alpha value is -2.64. The average Bonchev–Trinajstić information content (AvgIpc) is 2.75. The summed E-state index contributed by atoms with van der Waals surface area (Å²) in [6.07, 6.45) is 0.0135. The Morgan fingerprint density at radius 3 is 1.93 bits per heavy atom. The number of nitrogens with one attached hydrogen (secondary N) is 1. The van der Waals surface area contributed by atoms with Gasteiger partial charge in [-0.15, -0.1) is 0 Å². The van der Waals surface area contributed by atoms with E-state index in [0.717, 1.165) is 24.1 Å². The molecular weight excluding hydrogens is 362 g/mol. The fourth-order valence-corrected chi connectivity index (χ4v) is 3.66. The molecule has 152 valence electrons. The van der Waals surface area contributed by atoms with Gasteiger partial charge in [-0.3, -0.25) is 0 Å². The number of aliphatic hydroxyl groups is 1. The summed E-state index contributed by atoms with van der Waals surface area (Å²) in [7, 11) is 7.88. The molecule has 0 saturated heterocycles. The van der Waals surface area contributed by atoms with Crippen LogP contribution in [-0.4, -0.2) is 47.2 Å². The molecule has 0 aromatic heterocycles. The molecule has 28 heavy (non-hydrogen) atoms. The highest BCUT2D eigenvalue weighted by Gasteiger charge is 2.30. The Kier molecular flexibility index (Phi) is 6.16. The highest BCUT2D eigenvalue weighted by atomic mass is 16.5. The minimum Gasteiger partial charge on any atom is -0.493 e. The van der Waals surface area contributed by atoms with Crippen molar-refractivity contribution in [3.05, 3.63) is 41.0 Å². The van der Waals surface area contributed by atoms with Gasteiger partial charge in [-0.25, -0.2) is 0 Å². The Bertz CT molecular complexity index is 813. The second-order valence-corrected chi connectivity index (χ2v) is 6.49. The van der Waals surface area contributed by atoms with Crippen LogP contribution < -0.4 is 29.0 Å². The summed E-state index contributed by atoms with van der Waals surface area (Å²) < 4.78 is 27.1. The molecule has 2 aromatic carbocycles. The first-order valence-electron chi connectivity index (χ1n) is 9.04. The first kappa shape index (κ1) is 20.1. The van der Waals surface area contributed by atoms with Crippen LogP contribution in [0.2, 0.25) is 0 Å². The van der Waals surface area contributed by atoms with E-state index in [9.17, 15) is 5.11 Å². The molecular formula is C21H27NO6. The van der Waals surface area contributed by atoms with Crippen molar-refractivity contribution in [3.63, 3.8) is 0 Å². The lowest BCUT2D eigenvalue weighted by Crippen LogP contribution is -2.34. The van der Waals surface area contributed by atoms with Gasteiger partial charge in [0.1, 0.15) is 0 Å². The lowest BCUT2D eigenvalue weighted by atomic mass is 9.88. The van der Waals surface area contributed by atoms with Crippen molar-refractivity contribution in [1.29, 1.82) is 0 Å². The first-order chi connectivity index (χ1) is 13.6. The van der Waals surface area contributed by atoms with Gasteiger partial charge in [0.25, 0.3) is 0 Å². The van der Waals surface area contributed by atoms with Crippen LogP contribution in [0.3, 0.4) is 0 Å². The number of aliphatic hydroxyl groups excluding tert-OH is 1. The third-order valence-corrected chi connectivity index (χ3v) is 5.08. The van der Waals surface area contributed by atoms with E-state index in [0.29, 0.717) is 34.3 Å². The number of hydrogen-bond acceptors (Lipinski definition) is 7. The van der Waals surface area contributed by atoms with Crippen LogP contribution in [0.4, 0.5) is 0 Å². The van der Waals surface area contributed by atoms with Crippen molar-refractivity contribution in [3.8, 4) is 28.7 Å². The number of hydrogen-bond donors (Lipinski definition) is 2. The third-order valence-electron chi connectivity index (χ3n) is 5.08. The van der Waals surface area contributed by atoms with Crippen LogP contribution in [0.5, 0.6) is 28.7 Å². The van der Waals surface area contributed by atoms with Crippen molar-refractivity contribution in [2.45, 2.75) is 18.6 Å². The van der Waals surface area contributed by atoms with Crippen molar-refractivity contribution in [2.75, 3.05) is 42.1 Å². The van der Waals surface area contributed by atoms with E-state index >= 15 is 0 Å². The normalized spacial score (nSPS) is 16.7. The molecule has 1 aliphatic rings. The molecule has 0 aliphatic carbocycles. The van der Waals surface area contributed by atoms with Gasteiger partial charge < -0.3 is 34.1 Å². The summed E-state index contributed by atoms with van der Waals surface area (Å²) in [5.41, 5.74) is 2.76. The van der Waals surface area contributed by atoms with Crippen molar-refractivity contribution in [2.24, 2.45) is 0 Å². The number of benzene rings is 2. The summed E-state index contributed by atoms with van der Waals surface area (Å²) in [5, 5.41) is 14.6. The SMILES string of the molecule is COc1cc2c(cc1OC)[C@@H]([C@H](O)c1cc(OC)c(OC)c(OC)c1)NCC2. The Labute approximate surface area is 165 Å². The van der Waals surface area contributed by atoms with Crippen LogP contribution in [0.1, 0.15) is 28.8 Å². The highest BCUT2D eigenvalue weighted by Crippen LogP contribution is 2.44. The quantitative estimate of drug-likeness (QED) is 0.754. The maximum absolute atomic E-state index is 11.2. The molecule has 0 bridgehead atoms. The summed E-state index contributed by atoms with van der Waals surface area (Å²) in [4.78, 5) is 0. The fraction of sp³-hybridized carbons (Fsp3) is 0.429. The molecule has 7 nitrogen and oxygen atoms in total. The molecule has 2 aromatic rings. The molecule has 0 unspecified atom stereocenters. The number of ether oxygens (including phenoxy) is 5. The average molecular weight is 389 g/mol. The van der Waals surface area contributed by atoms with Crippen LogP contribution in [0.15, 0.2) is 24.3 Å². The summed E-state index contributed by atoms with van der Waals surface area (Å²) in [5.74, 6) is 2.80. The van der Waals surface area contributed by atoms with Crippen molar-refractivity contribution in [1.82, 2.24) is 5.32 Å². The molecule has 0 spiro atoms. The fourth-order valence-electron chi connectivity index (χ4n) is 3.66. The molecule has 2 N–H and O–H groups in total. The van der Waals surface area contributed by atoms with Crippen LogP contribution in [-0.2, 0) is 6.42 Å². The Balaban J connectivity index is 2.04. The van der Waals surface area contributed by atoms with E-state index in [-0.39, 0.29) is 6.04 Å². The van der Waals surface area contributed by atoms with Crippen molar-refractivity contribution < 1.29 is 28.8 Å². The lowest BCUT2D eigenvalue weighted by molar-refractivity contribution is 0.124. The largest absolute Gasteiger partial charge is 0.493 e. The second kappa shape index (κ2) is 8.58. The molecule has 0 saturated carbocycles. The predicted octanol–water partition coefficient (Wildman–Crippen LogP) is 2.65. The molecule has 3 rings (SSSR count). The maximum Gasteiger partial charge on any atom is 0.203 e. The molecule has 0 fully saturated rings. The number of methoxy groups -OCH3 is 5. The standard InChI is InChI=1S/C21H27NO6/c1-24-15-8-12-6-7-22-19(14(12)11-16(15)25-2)20(23)13-9-17(26-3)21(28-5)18(10-13)27-4/h8-11,19-20,22-23H,6-7H2,1-5H3/t19-,20+/m0/s1. The van der Waals surface area contributed by atoms with E-state index in [2.05, 4.69) is 5.32 Å². The summed E-state index contributed by atoms with van der Waals surface area (Å²) in [6, 6.07) is 7.12. The number of fused-ring (bicyclic) bond motifs is 1. The zero-order chi connectivity index (χ0) is 20.3. The molecule has 1 aliphatic heterocycles. The van der Waals surface area contributed by atoms with E-state index < -0.39 is 6.10 Å². The highest BCUT2D eigenvalue weighted by molar-refractivity contribution is 5.55.